The normalized spacial score (nSPS) is 12.9. The summed E-state index contributed by atoms with van der Waals surface area (Å²) in [5.74, 6) is -0.150. The van der Waals surface area contributed by atoms with Gasteiger partial charge in [0, 0.05) is 26.2 Å². The predicted octanol–water partition coefficient (Wildman–Crippen LogP) is 3.53. The Morgan fingerprint density at radius 3 is 2.24 bits per heavy atom. The average Bonchev–Trinajstić information content (AvgIpc) is 3.37. The number of hydrogen-bond acceptors (Lipinski definition) is 5. The van der Waals surface area contributed by atoms with E-state index in [1.165, 1.54) is 16.7 Å². The van der Waals surface area contributed by atoms with E-state index in [0.717, 1.165) is 16.8 Å². The lowest BCUT2D eigenvalue weighted by Gasteiger charge is -2.24. The Morgan fingerprint density at radius 2 is 1.70 bits per heavy atom. The van der Waals surface area contributed by atoms with Crippen molar-refractivity contribution in [2.24, 2.45) is 0 Å². The van der Waals surface area contributed by atoms with E-state index in [9.17, 15) is 13.2 Å². The molecule has 0 aliphatic heterocycles. The van der Waals surface area contributed by atoms with E-state index in [1.807, 2.05) is 45.0 Å². The Kier molecular flexibility index (Phi) is 7.78. The zero-order valence-corrected chi connectivity index (χ0v) is 20.1. The van der Waals surface area contributed by atoms with E-state index in [1.54, 1.807) is 53.3 Å². The maximum atomic E-state index is 12.7. The first-order valence-electron chi connectivity index (χ1n) is 10.8. The molecule has 0 spiro atoms. The van der Waals surface area contributed by atoms with Gasteiger partial charge in [-0.3, -0.25) is 4.79 Å². The van der Waals surface area contributed by atoms with Crippen LogP contribution < -0.4 is 0 Å². The molecule has 1 aromatic heterocycles. The fraction of sp³-hybridized carbons (Fsp3) is 0.292. The van der Waals surface area contributed by atoms with E-state index in [0.29, 0.717) is 13.1 Å². The summed E-state index contributed by atoms with van der Waals surface area (Å²) in [4.78, 5) is 18.5. The standard InChI is InChI=1S/C24H29N5O3S/c1-5-28(6-2)33(31,32)23-14-7-20(8-15-23)9-16-24(30)27(4)19(3)21-10-12-22(13-11-21)29-18-25-17-26-29/h7-19H,5-6H2,1-4H3/b16-9+. The van der Waals surface area contributed by atoms with Crippen molar-refractivity contribution in [2.45, 2.75) is 31.7 Å². The summed E-state index contributed by atoms with van der Waals surface area (Å²) < 4.78 is 28.3. The van der Waals surface area contributed by atoms with Crippen LogP contribution in [0.1, 0.15) is 37.9 Å². The SMILES string of the molecule is CCN(CC)S(=O)(=O)c1ccc(/C=C/C(=O)N(C)C(C)c2ccc(-n3cncn3)cc2)cc1. The van der Waals surface area contributed by atoms with E-state index in [2.05, 4.69) is 10.1 Å². The van der Waals surface area contributed by atoms with Gasteiger partial charge < -0.3 is 4.90 Å². The fourth-order valence-electron chi connectivity index (χ4n) is 3.41. The number of nitrogens with zero attached hydrogens (tertiary/aromatic N) is 5. The highest BCUT2D eigenvalue weighted by molar-refractivity contribution is 7.89. The maximum Gasteiger partial charge on any atom is 0.246 e. The molecule has 3 rings (SSSR count). The van der Waals surface area contributed by atoms with Crippen LogP contribution in [0.4, 0.5) is 0 Å². The number of benzene rings is 2. The molecule has 1 amide bonds. The number of rotatable bonds is 9. The molecule has 0 radical (unpaired) electrons. The highest BCUT2D eigenvalue weighted by Gasteiger charge is 2.21. The first kappa shape index (κ1) is 24.3. The number of carbonyl (C=O) groups excluding carboxylic acids is 1. The van der Waals surface area contributed by atoms with Crippen molar-refractivity contribution in [2.75, 3.05) is 20.1 Å². The molecule has 0 saturated heterocycles. The van der Waals surface area contributed by atoms with Crippen molar-refractivity contribution in [3.8, 4) is 5.69 Å². The van der Waals surface area contributed by atoms with E-state index >= 15 is 0 Å². The molecule has 3 aromatic rings. The van der Waals surface area contributed by atoms with Crippen LogP contribution in [0.3, 0.4) is 0 Å². The number of sulfonamides is 1. The predicted molar refractivity (Wildman–Crippen MR) is 128 cm³/mol. The first-order chi connectivity index (χ1) is 15.8. The largest absolute Gasteiger partial charge is 0.335 e. The molecule has 33 heavy (non-hydrogen) atoms. The Bertz CT molecular complexity index is 1180. The van der Waals surface area contributed by atoms with Crippen LogP contribution in [0.5, 0.6) is 0 Å². The summed E-state index contributed by atoms with van der Waals surface area (Å²) in [5.41, 5.74) is 2.64. The molecule has 1 atom stereocenters. The van der Waals surface area contributed by atoms with Crippen molar-refractivity contribution in [1.82, 2.24) is 24.0 Å². The van der Waals surface area contributed by atoms with Crippen LogP contribution >= 0.6 is 0 Å². The lowest BCUT2D eigenvalue weighted by molar-refractivity contribution is -0.126. The molecule has 0 N–H and O–H groups in total. The minimum Gasteiger partial charge on any atom is -0.335 e. The third-order valence-corrected chi connectivity index (χ3v) is 7.69. The van der Waals surface area contributed by atoms with E-state index < -0.39 is 10.0 Å². The molecule has 0 fully saturated rings. The third kappa shape index (κ3) is 5.55. The lowest BCUT2D eigenvalue weighted by Crippen LogP contribution is -2.30. The molecule has 0 aliphatic rings. The van der Waals surface area contributed by atoms with E-state index in [-0.39, 0.29) is 16.8 Å². The first-order valence-corrected chi connectivity index (χ1v) is 12.2. The molecule has 174 valence electrons. The van der Waals surface area contributed by atoms with Gasteiger partial charge in [0.1, 0.15) is 12.7 Å². The van der Waals surface area contributed by atoms with Gasteiger partial charge in [-0.05, 0) is 48.4 Å². The average molecular weight is 468 g/mol. The lowest BCUT2D eigenvalue weighted by atomic mass is 10.1. The van der Waals surface area contributed by atoms with Gasteiger partial charge in [0.25, 0.3) is 0 Å². The molecule has 8 nitrogen and oxygen atoms in total. The van der Waals surface area contributed by atoms with Crippen LogP contribution in [0.25, 0.3) is 11.8 Å². The van der Waals surface area contributed by atoms with Gasteiger partial charge in [-0.1, -0.05) is 38.1 Å². The molecule has 1 unspecified atom stereocenters. The third-order valence-electron chi connectivity index (χ3n) is 5.63. The summed E-state index contributed by atoms with van der Waals surface area (Å²) in [6.45, 7) is 6.42. The summed E-state index contributed by atoms with van der Waals surface area (Å²) in [7, 11) is -1.74. The molecular weight excluding hydrogens is 438 g/mol. The summed E-state index contributed by atoms with van der Waals surface area (Å²) >= 11 is 0. The van der Waals surface area contributed by atoms with Crippen LogP contribution in [0, 0.1) is 0 Å². The molecule has 0 saturated carbocycles. The number of hydrogen-bond donors (Lipinski definition) is 0. The van der Waals surface area contributed by atoms with Gasteiger partial charge in [0.2, 0.25) is 15.9 Å². The van der Waals surface area contributed by atoms with Crippen LogP contribution in [-0.4, -0.2) is 58.4 Å². The zero-order valence-electron chi connectivity index (χ0n) is 19.3. The smallest absolute Gasteiger partial charge is 0.246 e. The Morgan fingerprint density at radius 1 is 1.06 bits per heavy atom. The van der Waals surface area contributed by atoms with Crippen LogP contribution in [0.2, 0.25) is 0 Å². The molecule has 0 aliphatic carbocycles. The van der Waals surface area contributed by atoms with Crippen LogP contribution in [-0.2, 0) is 14.8 Å². The highest BCUT2D eigenvalue weighted by atomic mass is 32.2. The number of aromatic nitrogens is 3. The zero-order chi connectivity index (χ0) is 24.0. The van der Waals surface area contributed by atoms with Gasteiger partial charge in [0.15, 0.2) is 0 Å². The summed E-state index contributed by atoms with van der Waals surface area (Å²) in [6.07, 6.45) is 6.29. The van der Waals surface area contributed by atoms with E-state index in [4.69, 9.17) is 0 Å². The molecular formula is C24H29N5O3S. The van der Waals surface area contributed by atoms with Gasteiger partial charge in [-0.25, -0.2) is 18.1 Å². The molecule has 9 heteroatoms. The van der Waals surface area contributed by atoms with Crippen molar-refractivity contribution in [3.05, 3.63) is 78.4 Å². The molecule has 0 bridgehead atoms. The Hall–Kier alpha value is -3.30. The topological polar surface area (TPSA) is 88.4 Å². The maximum absolute atomic E-state index is 12.7. The van der Waals surface area contributed by atoms with Gasteiger partial charge in [0.05, 0.1) is 16.6 Å². The second-order valence-corrected chi connectivity index (χ2v) is 9.49. The van der Waals surface area contributed by atoms with Crippen molar-refractivity contribution >= 4 is 22.0 Å². The quantitative estimate of drug-likeness (QED) is 0.449. The minimum atomic E-state index is -3.50. The monoisotopic (exact) mass is 467 g/mol. The number of amides is 1. The van der Waals surface area contributed by atoms with Gasteiger partial charge >= 0.3 is 0 Å². The number of likely N-dealkylation sites (N-methyl/N-ethyl adjacent to an activating group) is 1. The van der Waals surface area contributed by atoms with Crippen molar-refractivity contribution < 1.29 is 13.2 Å². The highest BCUT2D eigenvalue weighted by Crippen LogP contribution is 2.21. The fourth-order valence-corrected chi connectivity index (χ4v) is 4.87. The molecule has 2 aromatic carbocycles. The second kappa shape index (κ2) is 10.5. The summed E-state index contributed by atoms with van der Waals surface area (Å²) in [5, 5.41) is 4.11. The van der Waals surface area contributed by atoms with Gasteiger partial charge in [-0.15, -0.1) is 0 Å². The second-order valence-electron chi connectivity index (χ2n) is 7.55. The Balaban J connectivity index is 1.66. The number of carbonyl (C=O) groups is 1. The van der Waals surface area contributed by atoms with Crippen molar-refractivity contribution in [1.29, 1.82) is 0 Å². The Labute approximate surface area is 195 Å². The molecule has 1 heterocycles. The summed E-state index contributed by atoms with van der Waals surface area (Å²) in [6, 6.07) is 14.2. The van der Waals surface area contributed by atoms with Gasteiger partial charge in [-0.2, -0.15) is 9.40 Å². The van der Waals surface area contributed by atoms with Crippen molar-refractivity contribution in [3.63, 3.8) is 0 Å². The minimum absolute atomic E-state index is 0.131. The van der Waals surface area contributed by atoms with Crippen LogP contribution in [0.15, 0.2) is 72.2 Å².